The molecule has 11 heteroatoms. The van der Waals surface area contributed by atoms with E-state index in [4.69, 9.17) is 4.84 Å². The molecule has 1 saturated heterocycles. The van der Waals surface area contributed by atoms with Crippen LogP contribution < -0.4 is 10.9 Å². The van der Waals surface area contributed by atoms with Crippen LogP contribution in [0, 0.1) is 0 Å². The molecule has 3 atom stereocenters. The van der Waals surface area contributed by atoms with E-state index in [0.717, 1.165) is 4.90 Å². The van der Waals surface area contributed by atoms with E-state index in [-0.39, 0.29) is 16.0 Å². The molecule has 0 saturated carbocycles. The van der Waals surface area contributed by atoms with Gasteiger partial charge in [-0.15, -0.1) is 0 Å². The van der Waals surface area contributed by atoms with Crippen molar-refractivity contribution >= 4 is 23.8 Å². The predicted octanol–water partition coefficient (Wildman–Crippen LogP) is -0.129. The van der Waals surface area contributed by atoms with Gasteiger partial charge in [0, 0.05) is 9.78 Å². The number of amides is 4. The number of nitrogens with one attached hydrogen (secondary N) is 2. The normalized spacial score (nSPS) is 23.0. The Morgan fingerprint density at radius 1 is 1.44 bits per heavy atom. The molecule has 0 radical (unpaired) electrons. The quantitative estimate of drug-likeness (QED) is 0.400. The SMILES string of the molecule is CCOC(=O)C(F)ON1C(=O)N2C[C@H]1C=C(C)[C@H]2C(=O)NNC(C)=O.[HH].[HH]. The van der Waals surface area contributed by atoms with Crippen LogP contribution in [0.5, 0.6) is 0 Å². The summed E-state index contributed by atoms with van der Waals surface area (Å²) in [7, 11) is 0. The summed E-state index contributed by atoms with van der Waals surface area (Å²) in [6, 6.07) is -2.40. The fourth-order valence-electron chi connectivity index (χ4n) is 2.64. The summed E-state index contributed by atoms with van der Waals surface area (Å²) in [5, 5.41) is 0.705. The Hall–Kier alpha value is -2.69. The monoisotopic (exact) mass is 362 g/mol. The minimum Gasteiger partial charge on any atom is -0.462 e. The van der Waals surface area contributed by atoms with Crippen molar-refractivity contribution in [1.29, 1.82) is 0 Å². The zero-order valence-electron chi connectivity index (χ0n) is 13.9. The topological polar surface area (TPSA) is 117 Å². The van der Waals surface area contributed by atoms with Crippen LogP contribution in [0.3, 0.4) is 0 Å². The standard InChI is InChI=1S/C14H19FN4O6.2H2/c1-4-24-13(22)11(15)25-19-9-5-7(2)10(18(6-9)14(19)23)12(21)17-16-8(3)20;;/h5,9-11H,4,6H2,1-3H3,(H,16,20)(H,17,21);2*1H/t9-,10+,11?;;/m1../s1. The van der Waals surface area contributed by atoms with Crippen LogP contribution in [0.25, 0.3) is 0 Å². The molecule has 2 aliphatic heterocycles. The summed E-state index contributed by atoms with van der Waals surface area (Å²) in [6.07, 6.45) is -0.887. The van der Waals surface area contributed by atoms with Gasteiger partial charge in [-0.1, -0.05) is 6.08 Å². The number of hydrogen-bond donors (Lipinski definition) is 2. The first-order valence-corrected chi connectivity index (χ1v) is 7.58. The van der Waals surface area contributed by atoms with Crippen LogP contribution in [-0.2, 0) is 24.0 Å². The van der Waals surface area contributed by atoms with Gasteiger partial charge in [0.1, 0.15) is 6.04 Å². The highest BCUT2D eigenvalue weighted by atomic mass is 19.1. The highest BCUT2D eigenvalue weighted by molar-refractivity contribution is 5.92. The molecule has 0 aromatic heterocycles. The van der Waals surface area contributed by atoms with Gasteiger partial charge in [-0.25, -0.2) is 18.8 Å². The number of carbonyl (C=O) groups is 4. The molecular formula is C14H23FN4O6. The van der Waals surface area contributed by atoms with Gasteiger partial charge in [0.25, 0.3) is 5.91 Å². The third-order valence-electron chi connectivity index (χ3n) is 3.61. The van der Waals surface area contributed by atoms with E-state index in [1.54, 1.807) is 13.0 Å². The number of halogens is 1. The number of ether oxygens (including phenoxy) is 1. The van der Waals surface area contributed by atoms with E-state index in [0.29, 0.717) is 10.6 Å². The Morgan fingerprint density at radius 2 is 2.12 bits per heavy atom. The lowest BCUT2D eigenvalue weighted by Gasteiger charge is -2.28. The van der Waals surface area contributed by atoms with Crippen molar-refractivity contribution in [3.05, 3.63) is 11.6 Å². The number of rotatable bonds is 5. The van der Waals surface area contributed by atoms with E-state index in [1.165, 1.54) is 13.8 Å². The summed E-state index contributed by atoms with van der Waals surface area (Å²) >= 11 is 0. The highest BCUT2D eigenvalue weighted by Gasteiger charge is 2.48. The van der Waals surface area contributed by atoms with Crippen molar-refractivity contribution in [3.63, 3.8) is 0 Å². The lowest BCUT2D eigenvalue weighted by Crippen LogP contribution is -2.54. The number of hydroxylamine groups is 2. The Bertz CT molecular complexity index is 635. The van der Waals surface area contributed by atoms with Crippen LogP contribution in [0.1, 0.15) is 23.6 Å². The first-order valence-electron chi connectivity index (χ1n) is 7.58. The van der Waals surface area contributed by atoms with E-state index in [1.807, 2.05) is 0 Å². The number of carbonyl (C=O) groups excluding carboxylic acids is 4. The zero-order chi connectivity index (χ0) is 18.7. The molecular weight excluding hydrogens is 339 g/mol. The Balaban J connectivity index is 0.00000338. The van der Waals surface area contributed by atoms with Crippen LogP contribution in [0.2, 0.25) is 0 Å². The molecule has 2 aliphatic rings. The molecule has 142 valence electrons. The summed E-state index contributed by atoms with van der Waals surface area (Å²) in [5.74, 6) is -2.34. The third kappa shape index (κ3) is 3.87. The predicted molar refractivity (Wildman–Crippen MR) is 84.1 cm³/mol. The number of hydrogen-bond acceptors (Lipinski definition) is 6. The molecule has 0 spiro atoms. The smallest absolute Gasteiger partial charge is 0.370 e. The first-order chi connectivity index (χ1) is 11.8. The van der Waals surface area contributed by atoms with Gasteiger partial charge in [-0.05, 0) is 19.4 Å². The lowest BCUT2D eigenvalue weighted by molar-refractivity contribution is -0.223. The van der Waals surface area contributed by atoms with Gasteiger partial charge in [-0.2, -0.15) is 5.06 Å². The zero-order valence-corrected chi connectivity index (χ0v) is 13.9. The van der Waals surface area contributed by atoms with Gasteiger partial charge >= 0.3 is 18.4 Å². The highest BCUT2D eigenvalue weighted by Crippen LogP contribution is 2.30. The lowest BCUT2D eigenvalue weighted by atomic mass is 10.0. The number of esters is 1. The summed E-state index contributed by atoms with van der Waals surface area (Å²) in [6.45, 7) is 4.38. The van der Waals surface area contributed by atoms with Crippen LogP contribution in [0.15, 0.2) is 11.6 Å². The average molecular weight is 362 g/mol. The van der Waals surface area contributed by atoms with Crippen molar-refractivity contribution in [1.82, 2.24) is 20.8 Å². The van der Waals surface area contributed by atoms with Gasteiger partial charge in [0.05, 0.1) is 19.2 Å². The average Bonchev–Trinajstić information content (AvgIpc) is 2.78. The fourth-order valence-corrected chi connectivity index (χ4v) is 2.64. The second-order valence-electron chi connectivity index (χ2n) is 5.49. The Labute approximate surface area is 145 Å². The minimum atomic E-state index is -2.45. The fraction of sp³-hybridized carbons (Fsp3) is 0.571. The van der Waals surface area contributed by atoms with E-state index in [2.05, 4.69) is 15.6 Å². The Morgan fingerprint density at radius 3 is 2.72 bits per heavy atom. The van der Waals surface area contributed by atoms with Crippen LogP contribution in [-0.4, -0.2) is 65.4 Å². The molecule has 4 amide bonds. The molecule has 25 heavy (non-hydrogen) atoms. The molecule has 0 aliphatic carbocycles. The summed E-state index contributed by atoms with van der Waals surface area (Å²) < 4.78 is 18.3. The van der Waals surface area contributed by atoms with Crippen molar-refractivity contribution in [2.75, 3.05) is 13.2 Å². The molecule has 1 unspecified atom stereocenters. The molecule has 2 heterocycles. The number of urea groups is 1. The number of nitrogens with zero attached hydrogens (tertiary/aromatic N) is 2. The van der Waals surface area contributed by atoms with Crippen LogP contribution >= 0.6 is 0 Å². The number of hydrazine groups is 1. The van der Waals surface area contributed by atoms with Gasteiger partial charge < -0.3 is 9.64 Å². The van der Waals surface area contributed by atoms with Crippen molar-refractivity contribution in [2.45, 2.75) is 39.2 Å². The maximum absolute atomic E-state index is 13.8. The maximum atomic E-state index is 13.8. The first kappa shape index (κ1) is 18.6. The van der Waals surface area contributed by atoms with E-state index >= 15 is 0 Å². The Kier molecular flexibility index (Phi) is 5.57. The molecule has 10 nitrogen and oxygen atoms in total. The molecule has 2 rings (SSSR count). The molecule has 0 aromatic carbocycles. The maximum Gasteiger partial charge on any atom is 0.370 e. The minimum absolute atomic E-state index is 0. The van der Waals surface area contributed by atoms with E-state index in [9.17, 15) is 23.6 Å². The van der Waals surface area contributed by atoms with Gasteiger partial charge in [0.2, 0.25) is 5.91 Å². The second kappa shape index (κ2) is 7.47. The number of alkyl halides is 1. The van der Waals surface area contributed by atoms with Crippen molar-refractivity contribution < 1.29 is 36.0 Å². The third-order valence-corrected chi connectivity index (χ3v) is 3.61. The largest absolute Gasteiger partial charge is 0.462 e. The molecule has 1 fully saturated rings. The summed E-state index contributed by atoms with van der Waals surface area (Å²) in [4.78, 5) is 52.8. The molecule has 2 bridgehead atoms. The van der Waals surface area contributed by atoms with Gasteiger partial charge in [0.15, 0.2) is 0 Å². The second-order valence-corrected chi connectivity index (χ2v) is 5.49. The molecule has 2 N–H and O–H groups in total. The summed E-state index contributed by atoms with van der Waals surface area (Å²) in [5.41, 5.74) is 4.85. The molecule has 0 aromatic rings. The van der Waals surface area contributed by atoms with Crippen LogP contribution in [0.4, 0.5) is 9.18 Å². The van der Waals surface area contributed by atoms with Crippen molar-refractivity contribution in [2.24, 2.45) is 0 Å². The van der Waals surface area contributed by atoms with Gasteiger partial charge in [-0.3, -0.25) is 20.4 Å². The number of fused-ring (bicyclic) bond motifs is 2. The van der Waals surface area contributed by atoms with Crippen molar-refractivity contribution in [3.8, 4) is 0 Å². The van der Waals surface area contributed by atoms with E-state index < -0.39 is 42.3 Å².